The number of benzene rings is 3. The summed E-state index contributed by atoms with van der Waals surface area (Å²) in [4.78, 5) is 34.8. The SMILES string of the molecule is C=Cc1ccccc1S(=O)(=O)O.CNc1ccc(C(=O)NCCCNC(=O)/C=C/c2nc(CSc3ccccc3)ccc2OCCc2ccccc2)cn1. The van der Waals surface area contributed by atoms with Gasteiger partial charge >= 0.3 is 0 Å². The number of anilines is 1. The Bertz CT molecular complexity index is 2100. The normalized spacial score (nSPS) is 10.9. The fraction of sp³-hybridized carbons (Fsp3) is 0.171. The van der Waals surface area contributed by atoms with Crippen molar-refractivity contribution in [2.24, 2.45) is 0 Å². The molecule has 0 bridgehead atoms. The highest BCUT2D eigenvalue weighted by molar-refractivity contribution is 7.98. The summed E-state index contributed by atoms with van der Waals surface area (Å²) in [7, 11) is -2.35. The Morgan fingerprint density at radius 3 is 2.26 bits per heavy atom. The van der Waals surface area contributed by atoms with Crippen molar-refractivity contribution in [3.63, 3.8) is 0 Å². The van der Waals surface area contributed by atoms with Crippen LogP contribution >= 0.6 is 11.8 Å². The number of nitrogens with one attached hydrogen (secondary N) is 3. The molecule has 13 heteroatoms. The van der Waals surface area contributed by atoms with Crippen LogP contribution in [0.25, 0.3) is 12.2 Å². The van der Waals surface area contributed by atoms with E-state index in [0.29, 0.717) is 60.3 Å². The molecule has 0 aliphatic heterocycles. The second-order valence-electron chi connectivity index (χ2n) is 11.5. The van der Waals surface area contributed by atoms with E-state index < -0.39 is 10.1 Å². The van der Waals surface area contributed by atoms with Gasteiger partial charge in [0.25, 0.3) is 16.0 Å². The third-order valence-electron chi connectivity index (χ3n) is 7.59. The van der Waals surface area contributed by atoms with E-state index in [9.17, 15) is 18.0 Å². The van der Waals surface area contributed by atoms with E-state index in [2.05, 4.69) is 51.8 Å². The van der Waals surface area contributed by atoms with Gasteiger partial charge in [0, 0.05) is 49.5 Å². The van der Waals surface area contributed by atoms with E-state index in [0.717, 1.165) is 12.1 Å². The predicted octanol–water partition coefficient (Wildman–Crippen LogP) is 6.96. The van der Waals surface area contributed by atoms with Gasteiger partial charge in [0.05, 0.1) is 17.9 Å². The molecule has 5 aromatic rings. The number of amides is 2. The molecule has 2 aromatic heterocycles. The Labute approximate surface area is 320 Å². The summed E-state index contributed by atoms with van der Waals surface area (Å²) in [5.74, 6) is 1.58. The molecule has 2 amide bonds. The minimum absolute atomic E-state index is 0.111. The lowest BCUT2D eigenvalue weighted by Crippen LogP contribution is -2.29. The summed E-state index contributed by atoms with van der Waals surface area (Å²) in [6.07, 6.45) is 7.41. The summed E-state index contributed by atoms with van der Waals surface area (Å²) in [6.45, 7) is 4.78. The number of hydrogen-bond acceptors (Lipinski definition) is 9. The third kappa shape index (κ3) is 14.0. The fourth-order valence-electron chi connectivity index (χ4n) is 4.80. The van der Waals surface area contributed by atoms with E-state index >= 15 is 0 Å². The van der Waals surface area contributed by atoms with Crippen molar-refractivity contribution in [3.05, 3.63) is 156 Å². The molecule has 3 aromatic carbocycles. The lowest BCUT2D eigenvalue weighted by molar-refractivity contribution is -0.116. The maximum absolute atomic E-state index is 12.5. The molecule has 0 fully saturated rings. The van der Waals surface area contributed by atoms with Crippen LogP contribution in [-0.4, -0.2) is 61.5 Å². The second-order valence-corrected chi connectivity index (χ2v) is 13.9. The summed E-state index contributed by atoms with van der Waals surface area (Å²) >= 11 is 1.70. The zero-order valence-electron chi connectivity index (χ0n) is 29.9. The minimum Gasteiger partial charge on any atom is -0.491 e. The molecule has 4 N–H and O–H groups in total. The molecule has 2 heterocycles. The Hall–Kier alpha value is -5.76. The van der Waals surface area contributed by atoms with Gasteiger partial charge in [0.2, 0.25) is 5.91 Å². The summed E-state index contributed by atoms with van der Waals surface area (Å²) in [6, 6.07) is 33.8. The van der Waals surface area contributed by atoms with Gasteiger partial charge in [-0.05, 0) is 66.1 Å². The van der Waals surface area contributed by atoms with Crippen molar-refractivity contribution in [3.8, 4) is 5.75 Å². The number of nitrogens with zero attached hydrogens (tertiary/aromatic N) is 2. The van der Waals surface area contributed by atoms with Crippen molar-refractivity contribution >= 4 is 51.7 Å². The van der Waals surface area contributed by atoms with Gasteiger partial charge < -0.3 is 20.7 Å². The van der Waals surface area contributed by atoms with Gasteiger partial charge in [-0.2, -0.15) is 8.42 Å². The number of carbonyl (C=O) groups is 2. The average Bonchev–Trinajstić information content (AvgIpc) is 3.20. The maximum Gasteiger partial charge on any atom is 0.295 e. The topological polar surface area (TPSA) is 160 Å². The monoisotopic (exact) mass is 765 g/mol. The number of ether oxygens (including phenoxy) is 1. The molecular weight excluding hydrogens is 723 g/mol. The molecule has 54 heavy (non-hydrogen) atoms. The highest BCUT2D eigenvalue weighted by atomic mass is 32.2. The van der Waals surface area contributed by atoms with Crippen LogP contribution in [0, 0.1) is 0 Å². The Morgan fingerprint density at radius 1 is 0.889 bits per heavy atom. The molecule has 0 aliphatic rings. The first-order chi connectivity index (χ1) is 26.2. The molecular formula is C41H43N5O6S2. The molecule has 0 radical (unpaired) electrons. The van der Waals surface area contributed by atoms with Gasteiger partial charge in [-0.3, -0.25) is 14.1 Å². The molecule has 0 saturated heterocycles. The highest BCUT2D eigenvalue weighted by Gasteiger charge is 2.12. The van der Waals surface area contributed by atoms with Crippen LogP contribution in [0.1, 0.15) is 39.3 Å². The quantitative estimate of drug-likeness (QED) is 0.0338. The minimum atomic E-state index is -4.12. The van der Waals surface area contributed by atoms with Crippen LogP contribution in [0.2, 0.25) is 0 Å². The second kappa shape index (κ2) is 21.7. The van der Waals surface area contributed by atoms with Crippen LogP contribution in [-0.2, 0) is 27.1 Å². The van der Waals surface area contributed by atoms with Crippen LogP contribution in [0.15, 0.2) is 138 Å². The number of carbonyl (C=O) groups excluding carboxylic acids is 2. The van der Waals surface area contributed by atoms with Gasteiger partial charge in [-0.25, -0.2) is 9.97 Å². The number of rotatable bonds is 17. The van der Waals surface area contributed by atoms with Gasteiger partial charge in [-0.1, -0.05) is 79.4 Å². The molecule has 5 rings (SSSR count). The van der Waals surface area contributed by atoms with E-state index in [1.807, 2.05) is 48.5 Å². The number of thioether (sulfide) groups is 1. The van der Waals surface area contributed by atoms with Crippen LogP contribution in [0.3, 0.4) is 0 Å². The molecule has 0 spiro atoms. The Morgan fingerprint density at radius 2 is 1.59 bits per heavy atom. The fourth-order valence-corrected chi connectivity index (χ4v) is 6.33. The zero-order valence-corrected chi connectivity index (χ0v) is 31.5. The van der Waals surface area contributed by atoms with Gasteiger partial charge in [0.1, 0.15) is 22.2 Å². The molecule has 11 nitrogen and oxygen atoms in total. The summed E-state index contributed by atoms with van der Waals surface area (Å²) in [5, 5.41) is 8.61. The first-order valence-electron chi connectivity index (χ1n) is 17.1. The zero-order chi connectivity index (χ0) is 38.6. The van der Waals surface area contributed by atoms with Crippen LogP contribution < -0.4 is 20.7 Å². The lowest BCUT2D eigenvalue weighted by Gasteiger charge is -2.11. The predicted molar refractivity (Wildman–Crippen MR) is 215 cm³/mol. The van der Waals surface area contributed by atoms with Crippen molar-refractivity contribution in [2.75, 3.05) is 32.1 Å². The Balaban J connectivity index is 0.000000460. The summed E-state index contributed by atoms with van der Waals surface area (Å²) in [5.41, 5.74) is 3.58. The van der Waals surface area contributed by atoms with E-state index in [-0.39, 0.29) is 16.7 Å². The first-order valence-corrected chi connectivity index (χ1v) is 19.5. The smallest absolute Gasteiger partial charge is 0.295 e. The Kier molecular flexibility index (Phi) is 16.5. The third-order valence-corrected chi connectivity index (χ3v) is 9.57. The van der Waals surface area contributed by atoms with Gasteiger partial charge in [0.15, 0.2) is 0 Å². The summed E-state index contributed by atoms with van der Waals surface area (Å²) < 4.78 is 36.2. The van der Waals surface area contributed by atoms with Crippen molar-refractivity contribution in [1.29, 1.82) is 0 Å². The number of aromatic nitrogens is 2. The largest absolute Gasteiger partial charge is 0.491 e. The molecule has 280 valence electrons. The standard InChI is InChI=1S/C33H35N5O3S.C8H8O3S/c1-34-31-17-13-26(23-37-31)33(40)36-21-8-20-35-32(39)18-15-29-30(41-22-19-25-9-4-2-5-10-25)16-14-27(38-29)24-42-28-11-6-3-7-12-28;1-2-7-5-3-4-6-8(7)12(9,10)11/h2-7,9-18,23H,8,19-22,24H2,1H3,(H,34,37)(H,35,39)(H,36,40);2-6H,1H2,(H,9,10,11)/b18-15+;. The van der Waals surface area contributed by atoms with Gasteiger partial charge in [-0.15, -0.1) is 11.8 Å². The molecule has 0 aliphatic carbocycles. The van der Waals surface area contributed by atoms with E-state index in [1.54, 1.807) is 49.2 Å². The lowest BCUT2D eigenvalue weighted by atomic mass is 10.2. The molecule has 0 unspecified atom stereocenters. The van der Waals surface area contributed by atoms with Crippen LogP contribution in [0.5, 0.6) is 5.75 Å². The van der Waals surface area contributed by atoms with E-state index in [4.69, 9.17) is 14.3 Å². The first kappa shape index (κ1) is 41.0. The van der Waals surface area contributed by atoms with Crippen molar-refractivity contribution in [1.82, 2.24) is 20.6 Å². The van der Waals surface area contributed by atoms with E-state index in [1.165, 1.54) is 40.9 Å². The van der Waals surface area contributed by atoms with Crippen LogP contribution in [0.4, 0.5) is 5.82 Å². The number of pyridine rings is 2. The molecule has 0 atom stereocenters. The van der Waals surface area contributed by atoms with Crippen molar-refractivity contribution in [2.45, 2.75) is 28.4 Å². The van der Waals surface area contributed by atoms with Crippen molar-refractivity contribution < 1.29 is 27.3 Å². The average molecular weight is 766 g/mol. The maximum atomic E-state index is 12.5. The highest BCUT2D eigenvalue weighted by Crippen LogP contribution is 2.25. The molecule has 0 saturated carbocycles. The number of hydrogen-bond donors (Lipinski definition) is 4.